The minimum Gasteiger partial charge on any atom is -0.466 e. The summed E-state index contributed by atoms with van der Waals surface area (Å²) in [4.78, 5) is 48.7. The van der Waals surface area contributed by atoms with Crippen molar-refractivity contribution in [3.63, 3.8) is 0 Å². The summed E-state index contributed by atoms with van der Waals surface area (Å²) in [5, 5.41) is 0. The Labute approximate surface area is 208 Å². The van der Waals surface area contributed by atoms with Crippen LogP contribution in [0.25, 0.3) is 0 Å². The molecule has 6 atom stereocenters. The highest BCUT2D eigenvalue weighted by atomic mass is 16.8. The molecule has 0 spiro atoms. The van der Waals surface area contributed by atoms with Crippen LogP contribution in [0.5, 0.6) is 0 Å². The van der Waals surface area contributed by atoms with E-state index in [1.54, 1.807) is 26.0 Å². The second-order valence-electron chi connectivity index (χ2n) is 7.83. The van der Waals surface area contributed by atoms with Crippen LogP contribution in [-0.2, 0) is 57.1 Å². The molecular formula is C24H30O12. The Morgan fingerprint density at radius 3 is 1.97 bits per heavy atom. The van der Waals surface area contributed by atoms with Crippen LogP contribution < -0.4 is 0 Å². The number of carbonyl (C=O) groups is 4. The molecule has 36 heavy (non-hydrogen) atoms. The number of hydrogen-bond acceptors (Lipinski definition) is 12. The molecule has 0 bridgehead atoms. The fourth-order valence-electron chi connectivity index (χ4n) is 3.82. The van der Waals surface area contributed by atoms with Crippen LogP contribution in [0.2, 0.25) is 0 Å². The average molecular weight is 510 g/mol. The van der Waals surface area contributed by atoms with Gasteiger partial charge in [-0.15, -0.1) is 0 Å². The molecule has 12 nitrogen and oxygen atoms in total. The number of fused-ring (bicyclic) bond motifs is 1. The summed E-state index contributed by atoms with van der Waals surface area (Å²) in [7, 11) is 1.31. The molecule has 0 unspecified atom stereocenters. The molecule has 12 heteroatoms. The van der Waals surface area contributed by atoms with Gasteiger partial charge in [0.2, 0.25) is 0 Å². The topological polar surface area (TPSA) is 142 Å². The Morgan fingerprint density at radius 2 is 1.42 bits per heavy atom. The number of hydrogen-bond donors (Lipinski definition) is 0. The van der Waals surface area contributed by atoms with E-state index in [1.165, 1.54) is 7.11 Å². The highest BCUT2D eigenvalue weighted by Gasteiger charge is 2.54. The van der Waals surface area contributed by atoms with Gasteiger partial charge in [0.05, 0.1) is 19.8 Å². The van der Waals surface area contributed by atoms with Crippen LogP contribution in [0.1, 0.15) is 38.5 Å². The van der Waals surface area contributed by atoms with Crippen LogP contribution in [-0.4, -0.2) is 81.5 Å². The summed E-state index contributed by atoms with van der Waals surface area (Å²) in [6.07, 6.45) is -7.62. The zero-order valence-electron chi connectivity index (χ0n) is 20.3. The van der Waals surface area contributed by atoms with E-state index in [0.29, 0.717) is 5.56 Å². The van der Waals surface area contributed by atoms with E-state index in [0.717, 1.165) is 0 Å². The summed E-state index contributed by atoms with van der Waals surface area (Å²) < 4.78 is 43.7. The molecule has 1 aromatic carbocycles. The third-order valence-electron chi connectivity index (χ3n) is 5.31. The van der Waals surface area contributed by atoms with Crippen molar-refractivity contribution in [2.75, 3.05) is 26.9 Å². The van der Waals surface area contributed by atoms with Crippen LogP contribution in [0, 0.1) is 0 Å². The smallest absolute Gasteiger partial charge is 0.317 e. The van der Waals surface area contributed by atoms with Crippen LogP contribution >= 0.6 is 0 Å². The molecule has 3 rings (SSSR count). The second kappa shape index (κ2) is 13.3. The predicted octanol–water partition coefficient (Wildman–Crippen LogP) is 1.20. The van der Waals surface area contributed by atoms with Crippen molar-refractivity contribution in [3.05, 3.63) is 35.9 Å². The Balaban J connectivity index is 1.84. The third-order valence-corrected chi connectivity index (χ3v) is 5.31. The normalized spacial score (nSPS) is 27.3. The summed E-state index contributed by atoms with van der Waals surface area (Å²) in [5.74, 6) is -3.43. The molecule has 0 radical (unpaired) electrons. The highest BCUT2D eigenvalue weighted by molar-refractivity contribution is 5.92. The molecule has 2 fully saturated rings. The van der Waals surface area contributed by atoms with Gasteiger partial charge < -0.3 is 37.9 Å². The lowest BCUT2D eigenvalue weighted by Gasteiger charge is -2.47. The summed E-state index contributed by atoms with van der Waals surface area (Å²) in [6, 6.07) is 9.05. The highest BCUT2D eigenvalue weighted by Crippen LogP contribution is 2.36. The van der Waals surface area contributed by atoms with Crippen molar-refractivity contribution < 1.29 is 57.1 Å². The number of carbonyl (C=O) groups excluding carboxylic acids is 4. The zero-order valence-corrected chi connectivity index (χ0v) is 20.3. The van der Waals surface area contributed by atoms with Gasteiger partial charge in [-0.05, 0) is 13.8 Å². The van der Waals surface area contributed by atoms with Crippen molar-refractivity contribution >= 4 is 23.9 Å². The van der Waals surface area contributed by atoms with E-state index >= 15 is 0 Å². The molecule has 2 heterocycles. The second-order valence-corrected chi connectivity index (χ2v) is 7.83. The maximum absolute atomic E-state index is 12.6. The van der Waals surface area contributed by atoms with Crippen molar-refractivity contribution in [2.24, 2.45) is 0 Å². The van der Waals surface area contributed by atoms with Crippen molar-refractivity contribution in [1.29, 1.82) is 0 Å². The standard InChI is InChI=1S/C24H30O12/c1-4-30-16(25)11-18(27)34-21-20-15(13-32-23(36-20)14-9-7-6-8-10-14)33-24(29-3)22(21)35-19(28)12-17(26)31-5-2/h6-10,15,20-24H,4-5,11-13H2,1-3H3/t15-,20-,21+,22-,23-,24+/m1/s1. The largest absolute Gasteiger partial charge is 0.466 e. The summed E-state index contributed by atoms with van der Waals surface area (Å²) >= 11 is 0. The number of ether oxygens (including phenoxy) is 8. The molecule has 0 N–H and O–H groups in total. The van der Waals surface area contributed by atoms with Gasteiger partial charge in [-0.1, -0.05) is 30.3 Å². The zero-order chi connectivity index (χ0) is 26.1. The Morgan fingerprint density at radius 1 is 0.833 bits per heavy atom. The fourth-order valence-corrected chi connectivity index (χ4v) is 3.82. The van der Waals surface area contributed by atoms with Gasteiger partial charge in [-0.3, -0.25) is 19.2 Å². The van der Waals surface area contributed by atoms with Gasteiger partial charge in [-0.2, -0.15) is 0 Å². The molecule has 1 aromatic rings. The third kappa shape index (κ3) is 7.23. The molecule has 2 aliphatic rings. The summed E-state index contributed by atoms with van der Waals surface area (Å²) in [6.45, 7) is 3.44. The van der Waals surface area contributed by atoms with Gasteiger partial charge in [0.15, 0.2) is 24.8 Å². The minimum atomic E-state index is -1.32. The van der Waals surface area contributed by atoms with Crippen molar-refractivity contribution in [2.45, 2.75) is 63.7 Å². The van der Waals surface area contributed by atoms with Crippen LogP contribution in [0.15, 0.2) is 30.3 Å². The maximum Gasteiger partial charge on any atom is 0.317 e. The molecule has 2 aliphatic heterocycles. The van der Waals surface area contributed by atoms with E-state index in [1.807, 2.05) is 18.2 Å². The van der Waals surface area contributed by atoms with Crippen LogP contribution in [0.4, 0.5) is 0 Å². The van der Waals surface area contributed by atoms with Gasteiger partial charge in [0.25, 0.3) is 0 Å². The molecule has 0 aliphatic carbocycles. The maximum atomic E-state index is 12.6. The summed E-state index contributed by atoms with van der Waals surface area (Å²) in [5.41, 5.74) is 0.706. The van der Waals surface area contributed by atoms with Crippen molar-refractivity contribution in [1.82, 2.24) is 0 Å². The Kier molecular flexibility index (Phi) is 10.2. The number of benzene rings is 1. The van der Waals surface area contributed by atoms with E-state index in [-0.39, 0.29) is 19.8 Å². The first-order chi connectivity index (χ1) is 17.4. The Bertz CT molecular complexity index is 904. The average Bonchev–Trinajstić information content (AvgIpc) is 2.85. The first-order valence-electron chi connectivity index (χ1n) is 11.6. The van der Waals surface area contributed by atoms with E-state index in [9.17, 15) is 19.2 Å². The lowest BCUT2D eigenvalue weighted by atomic mass is 9.97. The monoisotopic (exact) mass is 510 g/mol. The van der Waals surface area contributed by atoms with Gasteiger partial charge in [-0.25, -0.2) is 0 Å². The predicted molar refractivity (Wildman–Crippen MR) is 118 cm³/mol. The molecule has 2 saturated heterocycles. The van der Waals surface area contributed by atoms with E-state index in [4.69, 9.17) is 37.9 Å². The van der Waals surface area contributed by atoms with Crippen molar-refractivity contribution in [3.8, 4) is 0 Å². The van der Waals surface area contributed by atoms with E-state index < -0.39 is 73.7 Å². The first-order valence-corrected chi connectivity index (χ1v) is 11.6. The minimum absolute atomic E-state index is 0.0551. The molecule has 198 valence electrons. The lowest BCUT2D eigenvalue weighted by Crippen LogP contribution is -2.64. The molecule has 0 saturated carbocycles. The quantitative estimate of drug-likeness (QED) is 0.254. The lowest BCUT2D eigenvalue weighted by molar-refractivity contribution is -0.359. The first kappa shape index (κ1) is 27.5. The molecule has 0 aromatic heterocycles. The number of methoxy groups -OCH3 is 1. The molecule has 0 amide bonds. The van der Waals surface area contributed by atoms with E-state index in [2.05, 4.69) is 0 Å². The SMILES string of the molecule is CCOC(=O)CC(=O)O[C@@H]1[C@@H](OC(=O)CC(=O)OCC)[C@@H](OC)O[C@@H]2CO[C@@H](c3ccccc3)O[C@@H]12. The Hall–Kier alpha value is -3.06. The fraction of sp³-hybridized carbons (Fsp3) is 0.583. The van der Waals surface area contributed by atoms with Gasteiger partial charge in [0.1, 0.15) is 25.0 Å². The molecular weight excluding hydrogens is 480 g/mol. The van der Waals surface area contributed by atoms with Gasteiger partial charge >= 0.3 is 23.9 Å². The number of rotatable bonds is 10. The van der Waals surface area contributed by atoms with Gasteiger partial charge in [0, 0.05) is 12.7 Å². The van der Waals surface area contributed by atoms with Crippen LogP contribution in [0.3, 0.4) is 0 Å². The number of esters is 4.